The zero-order valence-corrected chi connectivity index (χ0v) is 32.5. The summed E-state index contributed by atoms with van der Waals surface area (Å²) in [5.74, 6) is 1.04. The summed E-state index contributed by atoms with van der Waals surface area (Å²) in [7, 11) is 7.11. The highest BCUT2D eigenvalue weighted by molar-refractivity contribution is 6.07. The number of methoxy groups -OCH3 is 6. The third-order valence-corrected chi connectivity index (χ3v) is 9.85. The van der Waals surface area contributed by atoms with Gasteiger partial charge in [-0.3, -0.25) is 0 Å². The molecule has 298 valence electrons. The SMILES string of the molecule is CC(C)(c1ccco1)c1ccco1.COC(=O)C#CC(=O)OC.COC(=O)C1=C(C(=O)OC)[C@@]2(C(C)(C)[C@@]34C=C[C@@H](O3)C(C(=O)OC)=C4C(=O)OC)C=C[C@@H]1O2. The van der Waals surface area contributed by atoms with Crippen LogP contribution in [0.15, 0.2) is 92.2 Å². The summed E-state index contributed by atoms with van der Waals surface area (Å²) in [5, 5.41) is 0. The van der Waals surface area contributed by atoms with Crippen LogP contribution >= 0.6 is 0 Å². The average Bonchev–Trinajstić information content (AvgIpc) is 4.07. The van der Waals surface area contributed by atoms with Crippen LogP contribution < -0.4 is 0 Å². The first-order valence-electron chi connectivity index (χ1n) is 16.8. The zero-order valence-electron chi connectivity index (χ0n) is 32.5. The molecule has 4 bridgehead atoms. The van der Waals surface area contributed by atoms with Crippen LogP contribution in [0.3, 0.4) is 0 Å². The van der Waals surface area contributed by atoms with Gasteiger partial charge in [-0.1, -0.05) is 26.0 Å². The van der Waals surface area contributed by atoms with Crippen molar-refractivity contribution in [1.82, 2.24) is 0 Å². The number of hydrogen-bond acceptors (Lipinski definition) is 16. The molecule has 0 unspecified atom stereocenters. The molecule has 0 amide bonds. The fourth-order valence-corrected chi connectivity index (χ4v) is 6.87. The molecule has 0 aliphatic carbocycles. The molecular weight excluding hydrogens is 736 g/mol. The van der Waals surface area contributed by atoms with Crippen LogP contribution in [0.2, 0.25) is 0 Å². The molecule has 6 rings (SSSR count). The lowest BCUT2D eigenvalue weighted by Gasteiger charge is -2.50. The van der Waals surface area contributed by atoms with E-state index in [4.69, 9.17) is 37.3 Å². The van der Waals surface area contributed by atoms with Gasteiger partial charge in [-0.15, -0.1) is 0 Å². The summed E-state index contributed by atoms with van der Waals surface area (Å²) in [6.45, 7) is 7.56. The summed E-state index contributed by atoms with van der Waals surface area (Å²) < 4.78 is 51.2. The van der Waals surface area contributed by atoms with Crippen molar-refractivity contribution in [3.05, 3.63) is 94.9 Å². The molecule has 4 aliphatic heterocycles. The predicted octanol–water partition coefficient (Wildman–Crippen LogP) is 3.25. The highest BCUT2D eigenvalue weighted by Crippen LogP contribution is 2.63. The van der Waals surface area contributed by atoms with Gasteiger partial charge in [0.2, 0.25) is 0 Å². The van der Waals surface area contributed by atoms with E-state index in [1.54, 1.807) is 50.7 Å². The maximum Gasteiger partial charge on any atom is 0.384 e. The van der Waals surface area contributed by atoms with Crippen molar-refractivity contribution in [1.29, 1.82) is 0 Å². The molecule has 0 spiro atoms. The smallest absolute Gasteiger partial charge is 0.384 e. The molecule has 4 aliphatic rings. The monoisotopic (exact) mass is 778 g/mol. The van der Waals surface area contributed by atoms with Gasteiger partial charge in [-0.05, 0) is 50.3 Å². The van der Waals surface area contributed by atoms with Gasteiger partial charge in [0.05, 0.1) is 82.9 Å². The topological polar surface area (TPSA) is 203 Å². The Bertz CT molecular complexity index is 1910. The molecule has 0 saturated carbocycles. The summed E-state index contributed by atoms with van der Waals surface area (Å²) in [6.07, 6.45) is 8.17. The molecule has 2 aromatic rings. The molecule has 0 radical (unpaired) electrons. The van der Waals surface area contributed by atoms with Crippen LogP contribution in [-0.4, -0.2) is 102 Å². The molecule has 56 heavy (non-hydrogen) atoms. The second-order valence-electron chi connectivity index (χ2n) is 13.2. The number of carbonyl (C=O) groups is 6. The second kappa shape index (κ2) is 16.7. The van der Waals surface area contributed by atoms with Crippen molar-refractivity contribution in [3.8, 4) is 11.8 Å². The lowest BCUT2D eigenvalue weighted by atomic mass is 9.57. The van der Waals surface area contributed by atoms with E-state index in [0.29, 0.717) is 0 Å². The van der Waals surface area contributed by atoms with E-state index in [0.717, 1.165) is 11.5 Å². The Morgan fingerprint density at radius 2 is 0.929 bits per heavy atom. The minimum absolute atomic E-state index is 0.00429. The lowest BCUT2D eigenvalue weighted by Crippen LogP contribution is -2.60. The number of ether oxygens (including phenoxy) is 8. The standard InChI is InChI=1S/C23H24O10.C11H12O2.C6H6O4/c1-21(2,22-9-7-11(32-22)13(17(24)28-3)15(22)19(26)30-5)23-10-8-12(33-23)14(18(25)29-4)16(23)20(27)31-6;1-11(2,9-5-3-7-12-9)10-6-4-8-13-10;1-9-5(7)3-4-6(8)10-2/h7-12H,1-6H3;3-8H,1-2H3;1-2H3/t11-,12+,22+,23-;;. The molecule has 0 N–H and O–H groups in total. The van der Waals surface area contributed by atoms with Crippen molar-refractivity contribution in [2.75, 3.05) is 42.7 Å². The maximum absolute atomic E-state index is 13.0. The Kier molecular flexibility index (Phi) is 12.7. The Balaban J connectivity index is 0.000000246. The van der Waals surface area contributed by atoms with E-state index in [1.807, 2.05) is 36.1 Å². The first-order chi connectivity index (χ1) is 26.5. The van der Waals surface area contributed by atoms with Gasteiger partial charge in [0.1, 0.15) is 34.9 Å². The van der Waals surface area contributed by atoms with Crippen LogP contribution in [0.4, 0.5) is 0 Å². The first kappa shape index (κ1) is 42.6. The molecule has 6 heterocycles. The van der Waals surface area contributed by atoms with E-state index in [-0.39, 0.29) is 27.7 Å². The summed E-state index contributed by atoms with van der Waals surface area (Å²) in [4.78, 5) is 71.6. The van der Waals surface area contributed by atoms with Gasteiger partial charge in [0.15, 0.2) is 0 Å². The van der Waals surface area contributed by atoms with E-state index < -0.39 is 64.6 Å². The van der Waals surface area contributed by atoms with Gasteiger partial charge >= 0.3 is 35.8 Å². The van der Waals surface area contributed by atoms with Gasteiger partial charge in [-0.2, -0.15) is 0 Å². The number of carbonyl (C=O) groups excluding carboxylic acids is 6. The number of rotatable bonds is 8. The predicted molar refractivity (Wildman–Crippen MR) is 191 cm³/mol. The van der Waals surface area contributed by atoms with Gasteiger partial charge in [0.25, 0.3) is 0 Å². The number of hydrogen-bond donors (Lipinski definition) is 0. The van der Waals surface area contributed by atoms with Crippen LogP contribution in [0, 0.1) is 17.3 Å². The second-order valence-corrected chi connectivity index (χ2v) is 13.2. The minimum Gasteiger partial charge on any atom is -0.468 e. The summed E-state index contributed by atoms with van der Waals surface area (Å²) in [5.41, 5.74) is -4.69. The Morgan fingerprint density at radius 3 is 1.21 bits per heavy atom. The van der Waals surface area contributed by atoms with Crippen molar-refractivity contribution < 1.29 is 75.5 Å². The fourth-order valence-electron chi connectivity index (χ4n) is 6.87. The summed E-state index contributed by atoms with van der Waals surface area (Å²) in [6, 6.07) is 7.70. The normalized spacial score (nSPS) is 22.5. The number of fused-ring (bicyclic) bond motifs is 4. The van der Waals surface area contributed by atoms with E-state index >= 15 is 0 Å². The van der Waals surface area contributed by atoms with Crippen molar-refractivity contribution in [2.45, 2.75) is 56.5 Å². The van der Waals surface area contributed by atoms with E-state index in [9.17, 15) is 28.8 Å². The van der Waals surface area contributed by atoms with Gasteiger partial charge in [-0.25, -0.2) is 28.8 Å². The Hall–Kier alpha value is -6.18. The van der Waals surface area contributed by atoms with E-state index in [2.05, 4.69) is 23.3 Å². The first-order valence-corrected chi connectivity index (χ1v) is 16.8. The van der Waals surface area contributed by atoms with Gasteiger partial charge < -0.3 is 46.7 Å². The van der Waals surface area contributed by atoms with Crippen molar-refractivity contribution >= 4 is 35.8 Å². The average molecular weight is 779 g/mol. The van der Waals surface area contributed by atoms with Crippen molar-refractivity contribution in [2.24, 2.45) is 5.41 Å². The summed E-state index contributed by atoms with van der Waals surface area (Å²) >= 11 is 0. The third-order valence-electron chi connectivity index (χ3n) is 9.85. The van der Waals surface area contributed by atoms with Crippen LogP contribution in [-0.2, 0) is 72.1 Å². The molecule has 16 heteroatoms. The molecule has 0 aromatic carbocycles. The molecule has 4 atom stereocenters. The van der Waals surface area contributed by atoms with Crippen LogP contribution in [0.25, 0.3) is 0 Å². The molecule has 2 aromatic heterocycles. The molecular formula is C40H42O16. The quantitative estimate of drug-likeness (QED) is 0.124. The fraction of sp³-hybridized carbons (Fsp3) is 0.400. The van der Waals surface area contributed by atoms with E-state index in [1.165, 1.54) is 42.7 Å². The maximum atomic E-state index is 13.0. The molecule has 0 saturated heterocycles. The van der Waals surface area contributed by atoms with Crippen molar-refractivity contribution in [3.63, 3.8) is 0 Å². The van der Waals surface area contributed by atoms with Crippen LogP contribution in [0.1, 0.15) is 39.2 Å². The molecule has 0 fully saturated rings. The highest BCUT2D eigenvalue weighted by atomic mass is 16.6. The number of furan rings is 2. The highest BCUT2D eigenvalue weighted by Gasteiger charge is 2.72. The largest absolute Gasteiger partial charge is 0.468 e. The Morgan fingerprint density at radius 1 is 0.571 bits per heavy atom. The zero-order chi connectivity index (χ0) is 41.6. The Labute approximate surface area is 322 Å². The molecule has 16 nitrogen and oxygen atoms in total. The minimum atomic E-state index is -1.56. The number of esters is 6. The lowest BCUT2D eigenvalue weighted by molar-refractivity contribution is -0.156. The third kappa shape index (κ3) is 7.18. The van der Waals surface area contributed by atoms with Crippen LogP contribution in [0.5, 0.6) is 0 Å². The van der Waals surface area contributed by atoms with Gasteiger partial charge in [0, 0.05) is 17.3 Å².